The fourth-order valence-electron chi connectivity index (χ4n) is 2.13. The first-order chi connectivity index (χ1) is 9.95. The van der Waals surface area contributed by atoms with E-state index in [2.05, 4.69) is 5.10 Å². The second-order valence-corrected chi connectivity index (χ2v) is 5.33. The Kier molecular flexibility index (Phi) is 4.62. The molecule has 0 N–H and O–H groups in total. The molecule has 0 saturated heterocycles. The van der Waals surface area contributed by atoms with Gasteiger partial charge in [0.25, 0.3) is 5.91 Å². The molecule has 1 heterocycles. The minimum absolute atomic E-state index is 0.0423. The van der Waals surface area contributed by atoms with E-state index in [0.29, 0.717) is 6.54 Å². The second-order valence-electron chi connectivity index (χ2n) is 5.33. The number of aryl methyl sites for hydroxylation is 3. The molecule has 21 heavy (non-hydrogen) atoms. The lowest BCUT2D eigenvalue weighted by atomic mass is 10.1. The van der Waals surface area contributed by atoms with Crippen LogP contribution in [0.5, 0.6) is 5.75 Å². The summed E-state index contributed by atoms with van der Waals surface area (Å²) in [7, 11) is 3.62. The van der Waals surface area contributed by atoms with Gasteiger partial charge in [-0.3, -0.25) is 9.48 Å². The van der Waals surface area contributed by atoms with Crippen molar-refractivity contribution in [2.75, 3.05) is 13.7 Å². The first-order valence-electron chi connectivity index (χ1n) is 6.87. The Hall–Kier alpha value is -2.30. The van der Waals surface area contributed by atoms with Gasteiger partial charge in [-0.05, 0) is 25.5 Å². The van der Waals surface area contributed by atoms with Gasteiger partial charge in [0.1, 0.15) is 5.75 Å². The van der Waals surface area contributed by atoms with Crippen LogP contribution in [0.25, 0.3) is 0 Å². The summed E-state index contributed by atoms with van der Waals surface area (Å²) >= 11 is 0. The van der Waals surface area contributed by atoms with Crippen molar-refractivity contribution in [1.82, 2.24) is 14.7 Å². The van der Waals surface area contributed by atoms with E-state index in [4.69, 9.17) is 4.74 Å². The van der Waals surface area contributed by atoms with Crippen molar-refractivity contribution in [2.24, 2.45) is 7.05 Å². The number of hydrogen-bond donors (Lipinski definition) is 0. The largest absolute Gasteiger partial charge is 0.484 e. The number of rotatable bonds is 5. The van der Waals surface area contributed by atoms with Gasteiger partial charge < -0.3 is 9.64 Å². The molecule has 0 fully saturated rings. The van der Waals surface area contributed by atoms with E-state index in [0.717, 1.165) is 16.9 Å². The number of aromatic nitrogens is 2. The predicted molar refractivity (Wildman–Crippen MR) is 81.1 cm³/mol. The molecule has 1 aromatic heterocycles. The van der Waals surface area contributed by atoms with Crippen molar-refractivity contribution in [2.45, 2.75) is 20.4 Å². The molecular formula is C16H21N3O2. The first-order valence-corrected chi connectivity index (χ1v) is 6.87. The maximum absolute atomic E-state index is 12.1. The predicted octanol–water partition coefficient (Wildman–Crippen LogP) is 2.07. The lowest BCUT2D eigenvalue weighted by Gasteiger charge is -2.17. The third-order valence-electron chi connectivity index (χ3n) is 3.29. The Bertz CT molecular complexity index is 634. The van der Waals surface area contributed by atoms with Crippen LogP contribution in [-0.4, -0.2) is 34.2 Å². The summed E-state index contributed by atoms with van der Waals surface area (Å²) in [6.07, 6.45) is 3.66. The highest BCUT2D eigenvalue weighted by atomic mass is 16.5. The molecule has 5 nitrogen and oxygen atoms in total. The standard InChI is InChI=1S/C16H21N3O2/c1-12-5-6-15(13(2)7-12)21-11-16(20)18(3)9-14-8-17-19(4)10-14/h5-8,10H,9,11H2,1-4H3. The van der Waals surface area contributed by atoms with Crippen LogP contribution in [0.4, 0.5) is 0 Å². The van der Waals surface area contributed by atoms with Gasteiger partial charge in [-0.1, -0.05) is 17.7 Å². The zero-order valence-electron chi connectivity index (χ0n) is 13.0. The Morgan fingerprint density at radius 1 is 1.38 bits per heavy atom. The third-order valence-corrected chi connectivity index (χ3v) is 3.29. The minimum Gasteiger partial charge on any atom is -0.484 e. The number of likely N-dealkylation sites (N-methyl/N-ethyl adjacent to an activating group) is 1. The van der Waals surface area contributed by atoms with Crippen molar-refractivity contribution < 1.29 is 9.53 Å². The first kappa shape index (κ1) is 15.1. The summed E-state index contributed by atoms with van der Waals surface area (Å²) in [4.78, 5) is 13.7. The van der Waals surface area contributed by atoms with E-state index in [1.165, 1.54) is 5.56 Å². The average molecular weight is 287 g/mol. The molecule has 112 valence electrons. The lowest BCUT2D eigenvalue weighted by molar-refractivity contribution is -0.132. The highest BCUT2D eigenvalue weighted by Crippen LogP contribution is 2.18. The molecule has 0 aliphatic heterocycles. The number of nitrogens with zero attached hydrogens (tertiary/aromatic N) is 3. The van der Waals surface area contributed by atoms with E-state index in [1.807, 2.05) is 45.3 Å². The van der Waals surface area contributed by atoms with E-state index < -0.39 is 0 Å². The van der Waals surface area contributed by atoms with Crippen LogP contribution in [0.15, 0.2) is 30.6 Å². The van der Waals surface area contributed by atoms with Crippen LogP contribution in [0.1, 0.15) is 16.7 Å². The lowest BCUT2D eigenvalue weighted by Crippen LogP contribution is -2.30. The van der Waals surface area contributed by atoms with Crippen molar-refractivity contribution in [3.8, 4) is 5.75 Å². The molecule has 2 aromatic rings. The Morgan fingerprint density at radius 3 is 2.76 bits per heavy atom. The molecule has 0 saturated carbocycles. The Balaban J connectivity index is 1.89. The molecule has 0 spiro atoms. The number of ether oxygens (including phenoxy) is 1. The molecule has 0 bridgehead atoms. The van der Waals surface area contributed by atoms with Gasteiger partial charge in [0.15, 0.2) is 6.61 Å². The van der Waals surface area contributed by atoms with Crippen molar-refractivity contribution >= 4 is 5.91 Å². The summed E-state index contributed by atoms with van der Waals surface area (Å²) in [5.41, 5.74) is 3.22. The molecule has 2 rings (SSSR count). The van der Waals surface area contributed by atoms with Crippen molar-refractivity contribution in [3.63, 3.8) is 0 Å². The van der Waals surface area contributed by atoms with Gasteiger partial charge in [0, 0.05) is 32.4 Å². The Labute approximate surface area is 125 Å². The van der Waals surface area contributed by atoms with Gasteiger partial charge in [-0.2, -0.15) is 5.10 Å². The van der Waals surface area contributed by atoms with E-state index in [1.54, 1.807) is 22.8 Å². The molecule has 1 amide bonds. The van der Waals surface area contributed by atoms with Gasteiger partial charge in [0.05, 0.1) is 6.20 Å². The van der Waals surface area contributed by atoms with E-state index >= 15 is 0 Å². The molecule has 0 radical (unpaired) electrons. The van der Waals surface area contributed by atoms with Gasteiger partial charge >= 0.3 is 0 Å². The third kappa shape index (κ3) is 4.08. The number of carbonyl (C=O) groups excluding carboxylic acids is 1. The van der Waals surface area contributed by atoms with Crippen LogP contribution in [0.3, 0.4) is 0 Å². The minimum atomic E-state index is -0.0566. The maximum Gasteiger partial charge on any atom is 0.260 e. The highest BCUT2D eigenvalue weighted by molar-refractivity contribution is 5.77. The monoisotopic (exact) mass is 287 g/mol. The zero-order chi connectivity index (χ0) is 15.4. The molecule has 0 aliphatic carbocycles. The van der Waals surface area contributed by atoms with Crippen LogP contribution in [0.2, 0.25) is 0 Å². The molecule has 0 unspecified atom stereocenters. The zero-order valence-corrected chi connectivity index (χ0v) is 13.0. The topological polar surface area (TPSA) is 47.4 Å². The summed E-state index contributed by atoms with van der Waals surface area (Å²) in [5.74, 6) is 0.697. The maximum atomic E-state index is 12.1. The van der Waals surface area contributed by atoms with Gasteiger partial charge in [0.2, 0.25) is 0 Å². The van der Waals surface area contributed by atoms with Gasteiger partial charge in [-0.25, -0.2) is 0 Å². The van der Waals surface area contributed by atoms with E-state index in [-0.39, 0.29) is 12.5 Å². The molecule has 0 aliphatic rings. The second kappa shape index (κ2) is 6.43. The Morgan fingerprint density at radius 2 is 2.14 bits per heavy atom. The number of carbonyl (C=O) groups is 1. The van der Waals surface area contributed by atoms with Gasteiger partial charge in [-0.15, -0.1) is 0 Å². The van der Waals surface area contributed by atoms with E-state index in [9.17, 15) is 4.79 Å². The summed E-state index contributed by atoms with van der Waals surface area (Å²) < 4.78 is 7.33. The quantitative estimate of drug-likeness (QED) is 0.846. The SMILES string of the molecule is Cc1ccc(OCC(=O)N(C)Cc2cnn(C)c2)c(C)c1. The van der Waals surface area contributed by atoms with Crippen LogP contribution in [0, 0.1) is 13.8 Å². The molecule has 1 aromatic carbocycles. The molecule has 5 heteroatoms. The smallest absolute Gasteiger partial charge is 0.260 e. The number of benzene rings is 1. The van der Waals surface area contributed by atoms with Crippen molar-refractivity contribution in [3.05, 3.63) is 47.3 Å². The van der Waals surface area contributed by atoms with Crippen LogP contribution < -0.4 is 4.74 Å². The van der Waals surface area contributed by atoms with Crippen LogP contribution in [-0.2, 0) is 18.4 Å². The fraction of sp³-hybridized carbons (Fsp3) is 0.375. The molecule has 0 atom stereocenters. The summed E-state index contributed by atoms with van der Waals surface area (Å²) in [5, 5.41) is 4.09. The average Bonchev–Trinajstić information content (AvgIpc) is 2.82. The summed E-state index contributed by atoms with van der Waals surface area (Å²) in [6.45, 7) is 4.58. The number of hydrogen-bond acceptors (Lipinski definition) is 3. The van der Waals surface area contributed by atoms with Crippen molar-refractivity contribution in [1.29, 1.82) is 0 Å². The fourth-order valence-corrected chi connectivity index (χ4v) is 2.13. The molecular weight excluding hydrogens is 266 g/mol. The van der Waals surface area contributed by atoms with Crippen LogP contribution >= 0.6 is 0 Å². The normalized spacial score (nSPS) is 10.5. The summed E-state index contributed by atoms with van der Waals surface area (Å²) in [6, 6.07) is 5.92. The highest BCUT2D eigenvalue weighted by Gasteiger charge is 2.11. The number of amides is 1.